The molecule has 0 spiro atoms. The lowest BCUT2D eigenvalue weighted by Gasteiger charge is -2.21. The number of H-pyrrole nitrogens is 1. The highest BCUT2D eigenvalue weighted by Gasteiger charge is 2.19. The fraction of sp³-hybridized carbons (Fsp3) is 0.138. The predicted molar refractivity (Wildman–Crippen MR) is 137 cm³/mol. The Kier molecular flexibility index (Phi) is 5.91. The zero-order valence-electron chi connectivity index (χ0n) is 19.0. The number of aromatic amines is 1. The van der Waals surface area contributed by atoms with E-state index in [4.69, 9.17) is 4.98 Å². The molecule has 168 valence electrons. The molecule has 1 amide bonds. The Bertz CT molecular complexity index is 1530. The van der Waals surface area contributed by atoms with Crippen LogP contribution in [0.25, 0.3) is 21.8 Å². The first kappa shape index (κ1) is 21.6. The highest BCUT2D eigenvalue weighted by Crippen LogP contribution is 2.27. The molecule has 0 radical (unpaired) electrons. The second-order valence-corrected chi connectivity index (χ2v) is 8.48. The van der Waals surface area contributed by atoms with Crippen molar-refractivity contribution in [2.75, 3.05) is 11.9 Å². The summed E-state index contributed by atoms with van der Waals surface area (Å²) in [6, 6.07) is 29.0. The molecule has 5 aromatic rings. The topological polar surface area (TPSA) is 66.1 Å². The Morgan fingerprint density at radius 3 is 2.32 bits per heavy atom. The van der Waals surface area contributed by atoms with Gasteiger partial charge in [0.1, 0.15) is 0 Å². The van der Waals surface area contributed by atoms with Crippen molar-refractivity contribution in [2.24, 2.45) is 0 Å². The minimum Gasteiger partial charge on any atom is -0.353 e. The summed E-state index contributed by atoms with van der Waals surface area (Å²) in [7, 11) is 1.79. The van der Waals surface area contributed by atoms with Crippen LogP contribution in [0, 0.1) is 0 Å². The van der Waals surface area contributed by atoms with Crippen LogP contribution in [0.2, 0.25) is 0 Å². The van der Waals surface area contributed by atoms with Gasteiger partial charge in [0, 0.05) is 25.3 Å². The van der Waals surface area contributed by atoms with Gasteiger partial charge in [0.05, 0.1) is 16.7 Å². The normalized spacial score (nSPS) is 11.1. The summed E-state index contributed by atoms with van der Waals surface area (Å²) >= 11 is 0. The number of anilines is 1. The highest BCUT2D eigenvalue weighted by atomic mass is 16.2. The standard InChI is InChI=1S/C29H25N3O2/c1-32(27(34)17-12-20-8-4-2-5-9-20)29-26(18-21-10-6-3-7-11-21)30-28-24-15-14-23(33)19-22(24)13-16-25(28)31-29/h2-11,13-16,19,30H,12,17-18H2,1H3. The van der Waals surface area contributed by atoms with E-state index in [1.54, 1.807) is 24.1 Å². The summed E-state index contributed by atoms with van der Waals surface area (Å²) in [6.07, 6.45) is 1.68. The van der Waals surface area contributed by atoms with E-state index in [1.165, 1.54) is 0 Å². The highest BCUT2D eigenvalue weighted by molar-refractivity contribution is 6.04. The molecule has 1 N–H and O–H groups in total. The van der Waals surface area contributed by atoms with Gasteiger partial charge in [-0.2, -0.15) is 0 Å². The fourth-order valence-corrected chi connectivity index (χ4v) is 4.29. The first-order chi connectivity index (χ1) is 16.6. The summed E-state index contributed by atoms with van der Waals surface area (Å²) < 4.78 is 0. The Labute approximate surface area is 197 Å². The Morgan fingerprint density at radius 2 is 1.59 bits per heavy atom. The number of nitrogens with zero attached hydrogens (tertiary/aromatic N) is 2. The zero-order chi connectivity index (χ0) is 23.5. The van der Waals surface area contributed by atoms with Crippen LogP contribution < -0.4 is 10.3 Å². The van der Waals surface area contributed by atoms with Gasteiger partial charge in [-0.1, -0.05) is 66.7 Å². The Morgan fingerprint density at radius 1 is 0.882 bits per heavy atom. The molecule has 34 heavy (non-hydrogen) atoms. The summed E-state index contributed by atoms with van der Waals surface area (Å²) in [5, 5.41) is 1.80. The van der Waals surface area contributed by atoms with Crippen LogP contribution >= 0.6 is 0 Å². The van der Waals surface area contributed by atoms with Crippen molar-refractivity contribution in [3.63, 3.8) is 0 Å². The third kappa shape index (κ3) is 4.46. The van der Waals surface area contributed by atoms with Crippen molar-refractivity contribution >= 4 is 33.5 Å². The molecule has 0 atom stereocenters. The molecule has 0 aliphatic carbocycles. The minimum atomic E-state index is -0.0234. The van der Waals surface area contributed by atoms with E-state index in [9.17, 15) is 9.59 Å². The molecule has 0 saturated heterocycles. The van der Waals surface area contributed by atoms with Crippen LogP contribution in [0.1, 0.15) is 23.2 Å². The molecular weight excluding hydrogens is 422 g/mol. The van der Waals surface area contributed by atoms with Crippen molar-refractivity contribution in [1.82, 2.24) is 9.97 Å². The van der Waals surface area contributed by atoms with Crippen molar-refractivity contribution in [3.8, 4) is 0 Å². The molecule has 0 unspecified atom stereocenters. The number of hydrogen-bond donors (Lipinski definition) is 1. The average molecular weight is 448 g/mol. The number of carbonyl (C=O) groups is 1. The van der Waals surface area contributed by atoms with Gasteiger partial charge in [-0.3, -0.25) is 14.5 Å². The van der Waals surface area contributed by atoms with E-state index in [1.807, 2.05) is 66.7 Å². The van der Waals surface area contributed by atoms with Crippen LogP contribution in [0.15, 0.2) is 95.8 Å². The molecule has 1 heterocycles. The van der Waals surface area contributed by atoms with Crippen molar-refractivity contribution in [3.05, 3.63) is 118 Å². The summed E-state index contributed by atoms with van der Waals surface area (Å²) in [4.78, 5) is 35.1. The lowest BCUT2D eigenvalue weighted by Crippen LogP contribution is -2.29. The molecule has 0 aliphatic rings. The number of benzene rings is 4. The maximum atomic E-state index is 13.1. The molecule has 5 rings (SSSR count). The number of nitrogens with one attached hydrogen (secondary N) is 1. The van der Waals surface area contributed by atoms with Crippen LogP contribution in [0.3, 0.4) is 0 Å². The first-order valence-electron chi connectivity index (χ1n) is 11.4. The summed E-state index contributed by atoms with van der Waals surface area (Å²) in [6.45, 7) is 0. The predicted octanol–water partition coefficient (Wildman–Crippen LogP) is 5.26. The maximum Gasteiger partial charge on any atom is 0.228 e. The Hall–Kier alpha value is -4.25. The van der Waals surface area contributed by atoms with E-state index < -0.39 is 0 Å². The van der Waals surface area contributed by atoms with Gasteiger partial charge in [0.25, 0.3) is 0 Å². The maximum absolute atomic E-state index is 13.1. The minimum absolute atomic E-state index is 0.00945. The third-order valence-electron chi connectivity index (χ3n) is 6.13. The van der Waals surface area contributed by atoms with E-state index in [-0.39, 0.29) is 11.3 Å². The largest absolute Gasteiger partial charge is 0.353 e. The van der Waals surface area contributed by atoms with Crippen molar-refractivity contribution in [2.45, 2.75) is 19.3 Å². The van der Waals surface area contributed by atoms with Crippen LogP contribution in [0.4, 0.5) is 5.82 Å². The molecule has 1 aromatic heterocycles. The number of carbonyl (C=O) groups excluding carboxylic acids is 1. The lowest BCUT2D eigenvalue weighted by molar-refractivity contribution is -0.118. The SMILES string of the molecule is CN(C(=O)CCc1ccccc1)c1nc2ccc3cc(=O)ccc3c2[nH]c1Cc1ccccc1. The molecular formula is C29H25N3O2. The van der Waals surface area contributed by atoms with Crippen LogP contribution in [-0.4, -0.2) is 22.9 Å². The number of amides is 1. The van der Waals surface area contributed by atoms with Gasteiger partial charge in [-0.25, -0.2) is 4.98 Å². The van der Waals surface area contributed by atoms with Crippen LogP contribution in [-0.2, 0) is 17.6 Å². The fourth-order valence-electron chi connectivity index (χ4n) is 4.29. The van der Waals surface area contributed by atoms with Gasteiger partial charge in [0.15, 0.2) is 11.2 Å². The number of fused-ring (bicyclic) bond motifs is 3. The quantitative estimate of drug-likeness (QED) is 0.361. The van der Waals surface area contributed by atoms with Gasteiger partial charge in [-0.05, 0) is 47.2 Å². The molecule has 4 aromatic carbocycles. The molecule has 5 nitrogen and oxygen atoms in total. The van der Waals surface area contributed by atoms with Crippen LogP contribution in [0.5, 0.6) is 0 Å². The van der Waals surface area contributed by atoms with Gasteiger partial charge >= 0.3 is 0 Å². The van der Waals surface area contributed by atoms with Gasteiger partial charge in [0.2, 0.25) is 5.91 Å². The first-order valence-corrected chi connectivity index (χ1v) is 11.4. The second kappa shape index (κ2) is 9.32. The molecule has 0 fully saturated rings. The monoisotopic (exact) mass is 447 g/mol. The number of aromatic nitrogens is 2. The van der Waals surface area contributed by atoms with Crippen molar-refractivity contribution < 1.29 is 4.79 Å². The second-order valence-electron chi connectivity index (χ2n) is 8.48. The lowest BCUT2D eigenvalue weighted by atomic mass is 10.1. The molecule has 0 saturated carbocycles. The number of rotatable bonds is 6. The summed E-state index contributed by atoms with van der Waals surface area (Å²) in [5.41, 5.74) is 4.69. The number of aryl methyl sites for hydroxylation is 1. The molecule has 0 aliphatic heterocycles. The summed E-state index contributed by atoms with van der Waals surface area (Å²) in [5.74, 6) is 0.629. The van der Waals surface area contributed by atoms with E-state index >= 15 is 0 Å². The molecule has 5 heteroatoms. The Balaban J connectivity index is 1.56. The molecule has 0 bridgehead atoms. The van der Waals surface area contributed by atoms with E-state index in [0.29, 0.717) is 25.1 Å². The zero-order valence-corrected chi connectivity index (χ0v) is 19.0. The number of hydrogen-bond acceptors (Lipinski definition) is 3. The van der Waals surface area contributed by atoms with Gasteiger partial charge < -0.3 is 4.98 Å². The smallest absolute Gasteiger partial charge is 0.228 e. The van der Waals surface area contributed by atoms with Gasteiger partial charge in [-0.15, -0.1) is 0 Å². The van der Waals surface area contributed by atoms with E-state index in [0.717, 1.165) is 38.6 Å². The van der Waals surface area contributed by atoms with Crippen molar-refractivity contribution in [1.29, 1.82) is 0 Å². The van der Waals surface area contributed by atoms with E-state index in [2.05, 4.69) is 17.1 Å². The average Bonchev–Trinajstić information content (AvgIpc) is 2.87. The third-order valence-corrected chi connectivity index (χ3v) is 6.13.